The highest BCUT2D eigenvalue weighted by Gasteiger charge is 2.10. The molecule has 1 rings (SSSR count). The predicted octanol–water partition coefficient (Wildman–Crippen LogP) is 0.174. The molecule has 57 valence electrons. The van der Waals surface area contributed by atoms with Crippen LogP contribution < -0.4 is 4.65 Å². The van der Waals surface area contributed by atoms with Gasteiger partial charge in [-0.1, -0.05) is 11.6 Å². The van der Waals surface area contributed by atoms with Crippen molar-refractivity contribution in [2.45, 2.75) is 0 Å². The molecule has 0 spiro atoms. The number of rotatable bonds is 2. The quantitative estimate of drug-likeness (QED) is 0.514. The molecular weight excluding hydrogens is 173 g/mol. The Morgan fingerprint density at radius 2 is 2.36 bits per heavy atom. The summed E-state index contributed by atoms with van der Waals surface area (Å²) in [6, 6.07) is 0. The van der Waals surface area contributed by atoms with Gasteiger partial charge in [0.1, 0.15) is 6.33 Å². The first-order chi connectivity index (χ1) is 5.25. The summed E-state index contributed by atoms with van der Waals surface area (Å²) >= 11 is 5.36. The number of halogens is 2. The Kier molecular flexibility index (Phi) is 2.61. The van der Waals surface area contributed by atoms with Crippen LogP contribution in [-0.2, 0) is 0 Å². The third kappa shape index (κ3) is 1.78. The van der Waals surface area contributed by atoms with Crippen molar-refractivity contribution in [2.75, 3.05) is 0 Å². The van der Waals surface area contributed by atoms with Crippen molar-refractivity contribution in [1.82, 2.24) is 9.97 Å². The Bertz CT molecular complexity index is 242. The van der Waals surface area contributed by atoms with Crippen molar-refractivity contribution in [3.05, 3.63) is 17.4 Å². The molecule has 0 saturated heterocycles. The Labute approximate surface area is 67.3 Å². The van der Waals surface area contributed by atoms with Crippen molar-refractivity contribution in [3.63, 3.8) is 0 Å². The summed E-state index contributed by atoms with van der Waals surface area (Å²) in [7, 11) is 0.299. The van der Waals surface area contributed by atoms with E-state index in [-0.39, 0.29) is 5.15 Å². The molecule has 0 amide bonds. The van der Waals surface area contributed by atoms with E-state index in [2.05, 4.69) is 14.6 Å². The monoisotopic (exact) mass is 175 g/mol. The fourth-order valence-electron chi connectivity index (χ4n) is 0.483. The van der Waals surface area contributed by atoms with Gasteiger partial charge in [-0.25, -0.2) is 9.97 Å². The molecule has 0 fully saturated rings. The fourth-order valence-corrected chi connectivity index (χ4v) is 0.649. The zero-order chi connectivity index (χ0) is 8.27. The molecule has 1 radical (unpaired) electrons. The highest BCUT2D eigenvalue weighted by atomic mass is 35.5. The molecule has 0 aliphatic rings. The molecular formula is C4H2BClFN2O2. The minimum Gasteiger partial charge on any atom is -0.532 e. The second kappa shape index (κ2) is 3.50. The molecule has 0 aliphatic heterocycles. The maximum absolute atomic E-state index is 12.5. The van der Waals surface area contributed by atoms with E-state index in [0.29, 0.717) is 7.69 Å². The van der Waals surface area contributed by atoms with Gasteiger partial charge in [-0.3, -0.25) is 0 Å². The smallest absolute Gasteiger partial charge is 0.532 e. The fraction of sp³-hybridized carbons (Fsp3) is 0. The predicted molar refractivity (Wildman–Crippen MR) is 35.6 cm³/mol. The van der Waals surface area contributed by atoms with E-state index in [1.807, 2.05) is 0 Å². The average molecular weight is 175 g/mol. The van der Waals surface area contributed by atoms with Gasteiger partial charge < -0.3 is 9.68 Å². The topological polar surface area (TPSA) is 55.2 Å². The molecule has 0 atom stereocenters. The van der Waals surface area contributed by atoms with E-state index >= 15 is 0 Å². The van der Waals surface area contributed by atoms with Crippen LogP contribution in [0.15, 0.2) is 6.33 Å². The standard InChI is InChI=1S/C4H2BClFN2O2/c6-3-2(11-5-10)4(7)9-1-8-3/h1,10H. The molecule has 1 N–H and O–H groups in total. The van der Waals surface area contributed by atoms with E-state index in [4.69, 9.17) is 16.6 Å². The Balaban J connectivity index is 3.00. The maximum atomic E-state index is 12.5. The van der Waals surface area contributed by atoms with Crippen LogP contribution >= 0.6 is 11.6 Å². The van der Waals surface area contributed by atoms with Crippen LogP contribution in [0.1, 0.15) is 0 Å². The second-order valence-electron chi connectivity index (χ2n) is 1.51. The number of aromatic nitrogens is 2. The van der Waals surface area contributed by atoms with Gasteiger partial charge >= 0.3 is 7.69 Å². The number of hydrogen-bond donors (Lipinski definition) is 1. The van der Waals surface area contributed by atoms with Crippen LogP contribution in [0.25, 0.3) is 0 Å². The molecule has 1 aromatic heterocycles. The van der Waals surface area contributed by atoms with E-state index < -0.39 is 11.7 Å². The third-order valence-corrected chi connectivity index (χ3v) is 1.16. The highest BCUT2D eigenvalue weighted by Crippen LogP contribution is 2.22. The van der Waals surface area contributed by atoms with Crippen molar-refractivity contribution in [3.8, 4) is 5.75 Å². The Hall–Kier alpha value is -0.875. The summed E-state index contributed by atoms with van der Waals surface area (Å²) < 4.78 is 16.8. The van der Waals surface area contributed by atoms with Crippen molar-refractivity contribution < 1.29 is 14.1 Å². The molecule has 11 heavy (non-hydrogen) atoms. The molecule has 0 saturated carbocycles. The van der Waals surface area contributed by atoms with E-state index in [9.17, 15) is 4.39 Å². The van der Waals surface area contributed by atoms with Crippen molar-refractivity contribution in [2.24, 2.45) is 0 Å². The molecule has 1 heterocycles. The van der Waals surface area contributed by atoms with Crippen LogP contribution in [0.3, 0.4) is 0 Å². The normalized spacial score (nSPS) is 9.36. The first-order valence-electron chi connectivity index (χ1n) is 2.54. The molecule has 0 unspecified atom stereocenters. The first kappa shape index (κ1) is 8.22. The summed E-state index contributed by atoms with van der Waals surface area (Å²) in [5.41, 5.74) is 0. The summed E-state index contributed by atoms with van der Waals surface area (Å²) in [6.45, 7) is 0. The van der Waals surface area contributed by atoms with Crippen LogP contribution in [0, 0.1) is 5.95 Å². The molecule has 0 aromatic carbocycles. The maximum Gasteiger partial charge on any atom is 0.569 e. The van der Waals surface area contributed by atoms with E-state index in [1.165, 1.54) is 0 Å². The van der Waals surface area contributed by atoms with E-state index in [0.717, 1.165) is 6.33 Å². The van der Waals surface area contributed by atoms with Gasteiger partial charge in [0, 0.05) is 0 Å². The summed E-state index contributed by atoms with van der Waals surface area (Å²) in [5.74, 6) is -1.31. The van der Waals surface area contributed by atoms with Gasteiger partial charge in [-0.05, 0) is 0 Å². The second-order valence-corrected chi connectivity index (χ2v) is 1.87. The van der Waals surface area contributed by atoms with Crippen LogP contribution in [0.5, 0.6) is 5.75 Å². The summed E-state index contributed by atoms with van der Waals surface area (Å²) in [6.07, 6.45) is 0.946. The van der Waals surface area contributed by atoms with Crippen LogP contribution in [-0.4, -0.2) is 22.7 Å². The molecule has 7 heteroatoms. The molecule has 1 aromatic rings. The number of hydrogen-bond acceptors (Lipinski definition) is 4. The van der Waals surface area contributed by atoms with Gasteiger partial charge in [0.2, 0.25) is 0 Å². The SMILES string of the molecule is O[B]Oc1c(F)ncnc1Cl. The molecule has 4 nitrogen and oxygen atoms in total. The van der Waals surface area contributed by atoms with Gasteiger partial charge in [-0.2, -0.15) is 4.39 Å². The lowest BCUT2D eigenvalue weighted by atomic mass is 10.4. The minimum atomic E-state index is -0.921. The summed E-state index contributed by atoms with van der Waals surface area (Å²) in [4.78, 5) is 6.56. The van der Waals surface area contributed by atoms with Gasteiger partial charge in [0.15, 0.2) is 10.9 Å². The Morgan fingerprint density at radius 3 is 2.91 bits per heavy atom. The number of nitrogens with zero attached hydrogens (tertiary/aromatic N) is 2. The molecule has 0 bridgehead atoms. The lowest BCUT2D eigenvalue weighted by molar-refractivity contribution is 0.420. The van der Waals surface area contributed by atoms with Gasteiger partial charge in [0.25, 0.3) is 5.95 Å². The van der Waals surface area contributed by atoms with Crippen molar-refractivity contribution in [1.29, 1.82) is 0 Å². The van der Waals surface area contributed by atoms with Crippen LogP contribution in [0.4, 0.5) is 4.39 Å². The average Bonchev–Trinajstić information content (AvgIpc) is 1.97. The first-order valence-corrected chi connectivity index (χ1v) is 2.92. The molecule has 0 aliphatic carbocycles. The lowest BCUT2D eigenvalue weighted by Crippen LogP contribution is -2.04. The largest absolute Gasteiger partial charge is 0.569 e. The van der Waals surface area contributed by atoms with Crippen molar-refractivity contribution >= 4 is 19.3 Å². The van der Waals surface area contributed by atoms with Gasteiger partial charge in [0.05, 0.1) is 0 Å². The van der Waals surface area contributed by atoms with E-state index in [1.54, 1.807) is 0 Å². The van der Waals surface area contributed by atoms with Crippen LogP contribution in [0.2, 0.25) is 5.15 Å². The zero-order valence-corrected chi connectivity index (χ0v) is 5.92. The zero-order valence-electron chi connectivity index (χ0n) is 5.16. The lowest BCUT2D eigenvalue weighted by Gasteiger charge is -2.01. The minimum absolute atomic E-state index is 0.192. The van der Waals surface area contributed by atoms with Gasteiger partial charge in [-0.15, -0.1) is 0 Å². The Morgan fingerprint density at radius 1 is 1.64 bits per heavy atom. The summed E-state index contributed by atoms with van der Waals surface area (Å²) in [5, 5.41) is 7.95. The third-order valence-electron chi connectivity index (χ3n) is 0.887. The highest BCUT2D eigenvalue weighted by molar-refractivity contribution is 6.31.